The van der Waals surface area contributed by atoms with Gasteiger partial charge in [0.05, 0.1) is 10.6 Å². The van der Waals surface area contributed by atoms with Crippen molar-refractivity contribution in [2.24, 2.45) is 0 Å². The molecule has 8 heteroatoms. The van der Waals surface area contributed by atoms with E-state index in [4.69, 9.17) is 11.6 Å². The summed E-state index contributed by atoms with van der Waals surface area (Å²) in [5.74, 6) is -1.06. The van der Waals surface area contributed by atoms with E-state index in [0.29, 0.717) is 31.9 Å². The maximum absolute atomic E-state index is 13.2. The molecule has 2 aromatic carbocycles. The lowest BCUT2D eigenvalue weighted by Gasteiger charge is -2.34. The first kappa shape index (κ1) is 21.5. The van der Waals surface area contributed by atoms with Crippen molar-refractivity contribution in [3.8, 4) is 0 Å². The molecule has 1 N–H and O–H groups in total. The van der Waals surface area contributed by atoms with Crippen LogP contribution in [0.5, 0.6) is 0 Å². The van der Waals surface area contributed by atoms with Crippen LogP contribution in [-0.4, -0.2) is 53.7 Å². The number of amides is 3. The van der Waals surface area contributed by atoms with E-state index in [1.807, 2.05) is 0 Å². The first-order chi connectivity index (χ1) is 14.3. The lowest BCUT2D eigenvalue weighted by molar-refractivity contribution is -0.127. The van der Waals surface area contributed by atoms with E-state index in [0.717, 1.165) is 11.6 Å². The molecule has 1 aliphatic rings. The number of nitrogens with zero attached hydrogens (tertiary/aromatic N) is 2. The lowest BCUT2D eigenvalue weighted by atomic mass is 10.1. The molecular formula is C22H21ClFN3O3. The molecule has 0 radical (unpaired) electrons. The Balaban J connectivity index is 1.54. The average Bonchev–Trinajstić information content (AvgIpc) is 2.72. The van der Waals surface area contributed by atoms with Gasteiger partial charge in [0, 0.05) is 44.9 Å². The van der Waals surface area contributed by atoms with E-state index < -0.39 is 5.82 Å². The lowest BCUT2D eigenvalue weighted by Crippen LogP contribution is -2.50. The van der Waals surface area contributed by atoms with E-state index in [-0.39, 0.29) is 28.3 Å². The Hall–Kier alpha value is -3.19. The summed E-state index contributed by atoms with van der Waals surface area (Å²) in [5, 5.41) is 2.76. The van der Waals surface area contributed by atoms with Crippen LogP contribution in [0.15, 0.2) is 48.5 Å². The molecule has 0 unspecified atom stereocenters. The second kappa shape index (κ2) is 9.54. The Morgan fingerprint density at radius 3 is 2.23 bits per heavy atom. The molecule has 1 saturated heterocycles. The fourth-order valence-corrected chi connectivity index (χ4v) is 3.37. The molecule has 0 aliphatic carbocycles. The van der Waals surface area contributed by atoms with Crippen LogP contribution >= 0.6 is 11.6 Å². The molecule has 6 nitrogen and oxygen atoms in total. The van der Waals surface area contributed by atoms with Gasteiger partial charge in [-0.2, -0.15) is 0 Å². The van der Waals surface area contributed by atoms with Gasteiger partial charge in [0.1, 0.15) is 5.82 Å². The van der Waals surface area contributed by atoms with Gasteiger partial charge in [-0.1, -0.05) is 23.7 Å². The molecule has 0 bridgehead atoms. The van der Waals surface area contributed by atoms with Crippen LogP contribution in [0.1, 0.15) is 22.8 Å². The zero-order valence-corrected chi connectivity index (χ0v) is 17.2. The standard InChI is InChI=1S/C22H21ClFN3O3/c1-15(28)25-18-6-2-16(3-7-18)4-9-21(29)26-10-12-27(13-11-26)22(30)19-8-5-17(24)14-20(19)23/h2-9,14H,10-13H2,1H3,(H,25,28)/b9-4+. The number of rotatable bonds is 4. The zero-order valence-electron chi connectivity index (χ0n) is 16.4. The Labute approximate surface area is 178 Å². The van der Waals surface area contributed by atoms with E-state index in [1.165, 1.54) is 25.1 Å². The first-order valence-electron chi connectivity index (χ1n) is 9.42. The zero-order chi connectivity index (χ0) is 21.7. The highest BCUT2D eigenvalue weighted by Gasteiger charge is 2.25. The van der Waals surface area contributed by atoms with E-state index >= 15 is 0 Å². The van der Waals surface area contributed by atoms with Crippen molar-refractivity contribution >= 4 is 41.1 Å². The van der Waals surface area contributed by atoms with Crippen molar-refractivity contribution in [2.75, 3.05) is 31.5 Å². The molecule has 1 aliphatic heterocycles. The first-order valence-corrected chi connectivity index (χ1v) is 9.80. The van der Waals surface area contributed by atoms with Crippen molar-refractivity contribution in [1.82, 2.24) is 9.80 Å². The molecule has 3 rings (SSSR count). The Morgan fingerprint density at radius 2 is 1.63 bits per heavy atom. The summed E-state index contributed by atoms with van der Waals surface area (Å²) in [4.78, 5) is 39.3. The van der Waals surface area contributed by atoms with Crippen LogP contribution in [0.25, 0.3) is 6.08 Å². The summed E-state index contributed by atoms with van der Waals surface area (Å²) in [7, 11) is 0. The number of carbonyl (C=O) groups excluding carboxylic acids is 3. The fraction of sp³-hybridized carbons (Fsp3) is 0.227. The summed E-state index contributed by atoms with van der Waals surface area (Å²) < 4.78 is 13.2. The highest BCUT2D eigenvalue weighted by molar-refractivity contribution is 6.33. The molecule has 30 heavy (non-hydrogen) atoms. The van der Waals surface area contributed by atoms with Crippen LogP contribution < -0.4 is 5.32 Å². The summed E-state index contributed by atoms with van der Waals surface area (Å²) in [6, 6.07) is 10.8. The molecule has 2 aromatic rings. The van der Waals surface area contributed by atoms with Crippen LogP contribution in [-0.2, 0) is 9.59 Å². The third-order valence-electron chi connectivity index (χ3n) is 4.69. The third kappa shape index (κ3) is 5.45. The Bertz CT molecular complexity index is 984. The SMILES string of the molecule is CC(=O)Nc1ccc(/C=C/C(=O)N2CCN(C(=O)c3ccc(F)cc3Cl)CC2)cc1. The predicted octanol–water partition coefficient (Wildman–Crippen LogP) is 3.44. The minimum atomic E-state index is -0.497. The number of benzene rings is 2. The minimum Gasteiger partial charge on any atom is -0.336 e. The molecule has 1 fully saturated rings. The molecule has 0 atom stereocenters. The van der Waals surface area contributed by atoms with Crippen LogP contribution in [0.4, 0.5) is 10.1 Å². The fourth-order valence-electron chi connectivity index (χ4n) is 3.12. The topological polar surface area (TPSA) is 69.7 Å². The van der Waals surface area contributed by atoms with Gasteiger partial charge < -0.3 is 15.1 Å². The van der Waals surface area contributed by atoms with E-state index in [1.54, 1.807) is 40.1 Å². The number of piperazine rings is 1. The smallest absolute Gasteiger partial charge is 0.255 e. The highest BCUT2D eigenvalue weighted by Crippen LogP contribution is 2.20. The minimum absolute atomic E-state index is 0.0750. The molecule has 3 amide bonds. The van der Waals surface area contributed by atoms with Crippen LogP contribution in [0.3, 0.4) is 0 Å². The van der Waals surface area contributed by atoms with Gasteiger partial charge in [0.15, 0.2) is 0 Å². The Morgan fingerprint density at radius 1 is 1.00 bits per heavy atom. The van der Waals surface area contributed by atoms with Gasteiger partial charge >= 0.3 is 0 Å². The summed E-state index contributed by atoms with van der Waals surface area (Å²) in [6.45, 7) is 2.98. The summed E-state index contributed by atoms with van der Waals surface area (Å²) >= 11 is 5.97. The molecular weight excluding hydrogens is 409 g/mol. The Kier molecular flexibility index (Phi) is 6.84. The molecule has 0 saturated carbocycles. The number of anilines is 1. The van der Waals surface area contributed by atoms with E-state index in [2.05, 4.69) is 5.32 Å². The molecule has 0 aromatic heterocycles. The second-order valence-corrected chi connectivity index (χ2v) is 7.29. The van der Waals surface area contributed by atoms with E-state index in [9.17, 15) is 18.8 Å². The molecule has 156 valence electrons. The predicted molar refractivity (Wildman–Crippen MR) is 114 cm³/mol. The monoisotopic (exact) mass is 429 g/mol. The highest BCUT2D eigenvalue weighted by atomic mass is 35.5. The summed E-state index contributed by atoms with van der Waals surface area (Å²) in [5.41, 5.74) is 1.77. The van der Waals surface area contributed by atoms with Crippen LogP contribution in [0.2, 0.25) is 5.02 Å². The third-order valence-corrected chi connectivity index (χ3v) is 5.00. The number of hydrogen-bond donors (Lipinski definition) is 1. The molecule has 0 spiro atoms. The quantitative estimate of drug-likeness (QED) is 0.757. The second-order valence-electron chi connectivity index (χ2n) is 6.88. The molecule has 1 heterocycles. The van der Waals surface area contributed by atoms with Gasteiger partial charge in [-0.3, -0.25) is 14.4 Å². The maximum atomic E-state index is 13.2. The van der Waals surface area contributed by atoms with Crippen molar-refractivity contribution in [1.29, 1.82) is 0 Å². The number of hydrogen-bond acceptors (Lipinski definition) is 3. The normalized spacial score (nSPS) is 14.1. The van der Waals surface area contributed by atoms with Crippen molar-refractivity contribution in [2.45, 2.75) is 6.92 Å². The summed E-state index contributed by atoms with van der Waals surface area (Å²) in [6.07, 6.45) is 3.19. The van der Waals surface area contributed by atoms with Gasteiger partial charge in [0.2, 0.25) is 11.8 Å². The van der Waals surface area contributed by atoms with Gasteiger partial charge in [0.25, 0.3) is 5.91 Å². The number of carbonyl (C=O) groups is 3. The maximum Gasteiger partial charge on any atom is 0.255 e. The largest absolute Gasteiger partial charge is 0.336 e. The number of halogens is 2. The van der Waals surface area contributed by atoms with Crippen molar-refractivity contribution in [3.05, 3.63) is 70.5 Å². The van der Waals surface area contributed by atoms with Gasteiger partial charge in [-0.15, -0.1) is 0 Å². The van der Waals surface area contributed by atoms with Gasteiger partial charge in [-0.25, -0.2) is 4.39 Å². The van der Waals surface area contributed by atoms with Crippen LogP contribution in [0, 0.1) is 5.82 Å². The number of nitrogens with one attached hydrogen (secondary N) is 1. The average molecular weight is 430 g/mol. The van der Waals surface area contributed by atoms with Crippen molar-refractivity contribution in [3.63, 3.8) is 0 Å². The van der Waals surface area contributed by atoms with Gasteiger partial charge in [-0.05, 0) is 42.0 Å². The van der Waals surface area contributed by atoms with Crippen molar-refractivity contribution < 1.29 is 18.8 Å².